The third-order valence-corrected chi connectivity index (χ3v) is 3.08. The van der Waals surface area contributed by atoms with Gasteiger partial charge in [-0.25, -0.2) is 0 Å². The van der Waals surface area contributed by atoms with Crippen LogP contribution in [0.5, 0.6) is 0 Å². The molecule has 0 aliphatic carbocycles. The van der Waals surface area contributed by atoms with Crippen LogP contribution in [0.1, 0.15) is 20.3 Å². The lowest BCUT2D eigenvalue weighted by atomic mass is 10.1. The van der Waals surface area contributed by atoms with Gasteiger partial charge < -0.3 is 4.74 Å². The maximum atomic E-state index is 11.2. The lowest BCUT2D eigenvalue weighted by Crippen LogP contribution is -2.69. The molecule has 1 saturated heterocycles. The van der Waals surface area contributed by atoms with Crippen LogP contribution < -0.4 is 16.0 Å². The van der Waals surface area contributed by atoms with Crippen LogP contribution in [0.4, 0.5) is 0 Å². The Morgan fingerprint density at radius 1 is 1.53 bits per heavy atom. The average molecular weight is 295 g/mol. The van der Waals surface area contributed by atoms with Crippen LogP contribution in [0.3, 0.4) is 0 Å². The number of rotatable bonds is 6. The molecule has 1 aliphatic rings. The van der Waals surface area contributed by atoms with Crippen molar-refractivity contribution in [3.8, 4) is 0 Å². The van der Waals surface area contributed by atoms with Crippen molar-refractivity contribution in [3.63, 3.8) is 0 Å². The minimum atomic E-state index is -0.864. The molecule has 110 valence electrons. The number of hydrogen-bond acceptors (Lipinski definition) is 7. The lowest BCUT2D eigenvalue weighted by molar-refractivity contribution is -0.534. The van der Waals surface area contributed by atoms with Crippen LogP contribution in [-0.2, 0) is 9.53 Å². The van der Waals surface area contributed by atoms with Gasteiger partial charge in [0.15, 0.2) is 0 Å². The summed E-state index contributed by atoms with van der Waals surface area (Å²) in [6.07, 6.45) is -0.436. The summed E-state index contributed by atoms with van der Waals surface area (Å²) >= 11 is 5.89. The van der Waals surface area contributed by atoms with Crippen LogP contribution in [0.2, 0.25) is 0 Å². The second-order valence-corrected chi connectivity index (χ2v) is 4.68. The highest BCUT2D eigenvalue weighted by atomic mass is 35.5. The molecule has 0 aromatic carbocycles. The Morgan fingerprint density at radius 2 is 2.21 bits per heavy atom. The molecule has 4 atom stereocenters. The van der Waals surface area contributed by atoms with E-state index in [4.69, 9.17) is 16.3 Å². The van der Waals surface area contributed by atoms with Crippen molar-refractivity contribution in [1.82, 2.24) is 16.0 Å². The highest BCUT2D eigenvalue weighted by Gasteiger charge is 2.42. The molecule has 1 fully saturated rings. The third-order valence-electron chi connectivity index (χ3n) is 2.83. The molecule has 1 rings (SSSR count). The van der Waals surface area contributed by atoms with Crippen molar-refractivity contribution in [2.75, 3.05) is 13.2 Å². The molecule has 0 radical (unpaired) electrons. The number of halogens is 1. The van der Waals surface area contributed by atoms with E-state index in [0.29, 0.717) is 6.61 Å². The zero-order valence-corrected chi connectivity index (χ0v) is 11.6. The van der Waals surface area contributed by atoms with E-state index in [2.05, 4.69) is 16.0 Å². The molecule has 0 aromatic heterocycles. The Kier molecular flexibility index (Phi) is 6.43. The Labute approximate surface area is 116 Å². The van der Waals surface area contributed by atoms with Gasteiger partial charge in [-0.15, -0.1) is 0 Å². The number of nitrogens with zero attached hydrogens (tertiary/aromatic N) is 1. The predicted octanol–water partition coefficient (Wildman–Crippen LogP) is -0.396. The SMILES string of the molecule is CCOC(=O)CCN[C@@H]1N[C@@H](Cl)N[C@@H](C)[C@H]1[N+](=O)[O-]. The van der Waals surface area contributed by atoms with Crippen molar-refractivity contribution in [1.29, 1.82) is 0 Å². The summed E-state index contributed by atoms with van der Waals surface area (Å²) in [6.45, 7) is 4.03. The first-order chi connectivity index (χ1) is 8.95. The molecule has 0 aromatic rings. The average Bonchev–Trinajstić information content (AvgIpc) is 2.27. The molecule has 0 amide bonds. The maximum Gasteiger partial charge on any atom is 0.307 e. The minimum Gasteiger partial charge on any atom is -0.466 e. The number of nitrogens with one attached hydrogen (secondary N) is 3. The molecule has 0 spiro atoms. The van der Waals surface area contributed by atoms with Gasteiger partial charge in [0.1, 0.15) is 11.8 Å². The number of carbonyl (C=O) groups excluding carboxylic acids is 1. The van der Waals surface area contributed by atoms with E-state index in [1.54, 1.807) is 13.8 Å². The molecule has 9 heteroatoms. The first-order valence-corrected chi connectivity index (χ1v) is 6.58. The molecule has 8 nitrogen and oxygen atoms in total. The Hall–Kier alpha value is -0.960. The molecule has 19 heavy (non-hydrogen) atoms. The predicted molar refractivity (Wildman–Crippen MR) is 69.2 cm³/mol. The van der Waals surface area contributed by atoms with Crippen molar-refractivity contribution in [2.24, 2.45) is 0 Å². The van der Waals surface area contributed by atoms with Gasteiger partial charge in [0, 0.05) is 11.5 Å². The Morgan fingerprint density at radius 3 is 2.79 bits per heavy atom. The van der Waals surface area contributed by atoms with E-state index < -0.39 is 17.8 Å². The number of alkyl halides is 1. The number of ether oxygens (including phenoxy) is 1. The summed E-state index contributed by atoms with van der Waals surface area (Å²) in [4.78, 5) is 21.8. The van der Waals surface area contributed by atoms with Crippen LogP contribution in [0.25, 0.3) is 0 Å². The number of carbonyl (C=O) groups is 1. The van der Waals surface area contributed by atoms with Gasteiger partial charge in [0.2, 0.25) is 0 Å². The highest BCUT2D eigenvalue weighted by molar-refractivity contribution is 6.20. The molecule has 0 bridgehead atoms. The van der Waals surface area contributed by atoms with Crippen LogP contribution in [0, 0.1) is 10.1 Å². The topological polar surface area (TPSA) is 106 Å². The van der Waals surface area contributed by atoms with Crippen molar-refractivity contribution < 1.29 is 14.5 Å². The maximum absolute atomic E-state index is 11.2. The van der Waals surface area contributed by atoms with Crippen LogP contribution in [0.15, 0.2) is 0 Å². The van der Waals surface area contributed by atoms with E-state index in [1.165, 1.54) is 0 Å². The van der Waals surface area contributed by atoms with Gasteiger partial charge in [-0.3, -0.25) is 30.9 Å². The van der Waals surface area contributed by atoms with Crippen LogP contribution >= 0.6 is 11.6 Å². The fourth-order valence-electron chi connectivity index (χ4n) is 1.97. The van der Waals surface area contributed by atoms with E-state index in [-0.39, 0.29) is 29.9 Å². The third kappa shape index (κ3) is 4.90. The second kappa shape index (κ2) is 7.59. The fourth-order valence-corrected chi connectivity index (χ4v) is 2.30. The number of hydrogen-bond donors (Lipinski definition) is 3. The van der Waals surface area contributed by atoms with Gasteiger partial charge in [0.25, 0.3) is 6.04 Å². The van der Waals surface area contributed by atoms with Gasteiger partial charge in [-0.05, 0) is 13.8 Å². The zero-order chi connectivity index (χ0) is 14.4. The van der Waals surface area contributed by atoms with Gasteiger partial charge in [-0.1, -0.05) is 11.6 Å². The number of esters is 1. The molecule has 1 aliphatic heterocycles. The first-order valence-electron chi connectivity index (χ1n) is 6.14. The lowest BCUT2D eigenvalue weighted by Gasteiger charge is -2.35. The summed E-state index contributed by atoms with van der Waals surface area (Å²) in [5.74, 6) is -0.336. The molecule has 0 saturated carbocycles. The monoisotopic (exact) mass is 294 g/mol. The molecular formula is C10H19ClN4O4. The first kappa shape index (κ1) is 16.1. The zero-order valence-electron chi connectivity index (χ0n) is 10.9. The van der Waals surface area contributed by atoms with Gasteiger partial charge in [-0.2, -0.15) is 0 Å². The summed E-state index contributed by atoms with van der Waals surface area (Å²) in [7, 11) is 0. The smallest absolute Gasteiger partial charge is 0.307 e. The second-order valence-electron chi connectivity index (χ2n) is 4.25. The quantitative estimate of drug-likeness (QED) is 0.201. The van der Waals surface area contributed by atoms with Crippen molar-refractivity contribution in [2.45, 2.75) is 44.1 Å². The summed E-state index contributed by atoms with van der Waals surface area (Å²) < 4.78 is 4.78. The Balaban J connectivity index is 2.48. The van der Waals surface area contributed by atoms with E-state index in [9.17, 15) is 14.9 Å². The van der Waals surface area contributed by atoms with Crippen molar-refractivity contribution >= 4 is 17.6 Å². The summed E-state index contributed by atoms with van der Waals surface area (Å²) in [5, 5.41) is 19.6. The number of nitro groups is 1. The normalized spacial score (nSPS) is 30.9. The van der Waals surface area contributed by atoms with E-state index in [1.807, 2.05) is 0 Å². The molecule has 3 N–H and O–H groups in total. The summed E-state index contributed by atoms with van der Waals surface area (Å²) in [5.41, 5.74) is -0.550. The van der Waals surface area contributed by atoms with Gasteiger partial charge >= 0.3 is 5.97 Å². The molecular weight excluding hydrogens is 276 g/mol. The van der Waals surface area contributed by atoms with Crippen molar-refractivity contribution in [3.05, 3.63) is 10.1 Å². The highest BCUT2D eigenvalue weighted by Crippen LogP contribution is 2.11. The fraction of sp³-hybridized carbons (Fsp3) is 0.900. The Bertz CT molecular complexity index is 331. The van der Waals surface area contributed by atoms with E-state index >= 15 is 0 Å². The summed E-state index contributed by atoms with van der Waals surface area (Å²) in [6, 6.07) is -1.24. The minimum absolute atomic E-state index is 0.158. The van der Waals surface area contributed by atoms with E-state index in [0.717, 1.165) is 0 Å². The largest absolute Gasteiger partial charge is 0.466 e. The van der Waals surface area contributed by atoms with Gasteiger partial charge in [0.05, 0.1) is 19.1 Å². The van der Waals surface area contributed by atoms with Crippen LogP contribution in [-0.4, -0.2) is 47.9 Å². The molecule has 0 unspecified atom stereocenters. The standard InChI is InChI=1S/C10H19ClN4O4/c1-3-19-7(16)4-5-12-9-8(15(17)18)6(2)13-10(11)14-9/h6,8-10,12-14H,3-5H2,1-2H3/t6-,8+,9+,10-/m0/s1. The molecule has 1 heterocycles.